The van der Waals surface area contributed by atoms with Crippen LogP contribution in [0.5, 0.6) is 17.2 Å². The minimum atomic E-state index is -1.04. The molecule has 3 heterocycles. The van der Waals surface area contributed by atoms with Crippen molar-refractivity contribution in [3.63, 3.8) is 0 Å². The molecule has 3 aliphatic carbocycles. The lowest BCUT2D eigenvalue weighted by Gasteiger charge is -2.30. The van der Waals surface area contributed by atoms with Crippen LogP contribution in [-0.4, -0.2) is 91.0 Å². The van der Waals surface area contributed by atoms with Crippen molar-refractivity contribution in [2.75, 3.05) is 34.0 Å². The van der Waals surface area contributed by atoms with Gasteiger partial charge in [-0.2, -0.15) is 0 Å². The highest BCUT2D eigenvalue weighted by atomic mass is 16.6. The van der Waals surface area contributed by atoms with Gasteiger partial charge in [0.25, 0.3) is 0 Å². The summed E-state index contributed by atoms with van der Waals surface area (Å²) in [5.74, 6) is 2.45. The van der Waals surface area contributed by atoms with Gasteiger partial charge in [0, 0.05) is 16.7 Å². The number of aryl methyl sites for hydroxylation is 7. The number of rotatable bonds is 15. The van der Waals surface area contributed by atoms with Crippen LogP contribution in [-0.2, 0) is 57.3 Å². The second-order valence-corrected chi connectivity index (χ2v) is 28.8. The third-order valence-electron chi connectivity index (χ3n) is 17.6. The van der Waals surface area contributed by atoms with E-state index in [1.54, 1.807) is 0 Å². The molecular weight excluding hydrogens is 1170 g/mol. The van der Waals surface area contributed by atoms with Crippen LogP contribution in [0, 0.1) is 27.7 Å². The second-order valence-electron chi connectivity index (χ2n) is 28.8. The van der Waals surface area contributed by atoms with Crippen molar-refractivity contribution < 1.29 is 67.4 Å². The smallest absolute Gasteiger partial charge is 0.454 e. The van der Waals surface area contributed by atoms with Crippen molar-refractivity contribution in [3.05, 3.63) is 158 Å². The number of carboxylic acid groups (broad SMARTS) is 1. The van der Waals surface area contributed by atoms with E-state index in [1.807, 2.05) is 94.4 Å². The fraction of sp³-hybridized carbons (Fsp3) is 0.500. The van der Waals surface area contributed by atoms with Gasteiger partial charge in [-0.1, -0.05) is 67.4 Å². The number of carbonyl (C=O) groups excluding carboxylic acids is 2. The molecule has 3 saturated carbocycles. The van der Waals surface area contributed by atoms with Crippen LogP contribution >= 0.6 is 0 Å². The van der Waals surface area contributed by atoms with E-state index in [2.05, 4.69) is 86.6 Å². The van der Waals surface area contributed by atoms with Crippen LogP contribution in [0.1, 0.15) is 217 Å². The Hall–Kier alpha value is -7.01. The summed E-state index contributed by atoms with van der Waals surface area (Å²) < 4.78 is 46.2. The van der Waals surface area contributed by atoms with Crippen LogP contribution in [0.25, 0.3) is 33.4 Å². The van der Waals surface area contributed by atoms with E-state index in [1.165, 1.54) is 54.9 Å². The Morgan fingerprint density at radius 2 is 0.774 bits per heavy atom. The average molecular weight is 1270 g/mol. The summed E-state index contributed by atoms with van der Waals surface area (Å²) in [7, 11) is 1.80. The van der Waals surface area contributed by atoms with E-state index in [9.17, 15) is 19.5 Å². The Kier molecular flexibility index (Phi) is 22.5. The first-order valence-electron chi connectivity index (χ1n) is 33.5. The number of carboxylic acids is 1. The zero-order valence-corrected chi connectivity index (χ0v) is 57.6. The van der Waals surface area contributed by atoms with E-state index >= 15 is 0 Å². The summed E-state index contributed by atoms with van der Waals surface area (Å²) in [5.41, 5.74) is 17.8. The molecule has 0 saturated heterocycles. The van der Waals surface area contributed by atoms with E-state index in [0.717, 1.165) is 174 Å². The Morgan fingerprint density at radius 3 is 1.09 bits per heavy atom. The SMILES string of the molecule is COC(=O)[C@@H](OC(C)(C)C)c1c(C)ccc(C)c1-c1ccc2c(c1)CCCO2.COC(=O)[C@@H](OC(C)(C)C)c1c(C)ccc(C2CC2)c1-c1ccc2c(c1)CCCO2.Cc1ccc(C2CC2)c(-c2ccc3c(c2)CCCO3)c1[C@H](OC(C)(C)C)C(=O)O.OB(O)C1CC1. The molecule has 14 nitrogen and oxygen atoms in total. The largest absolute Gasteiger partial charge is 0.493 e. The predicted molar refractivity (Wildman–Crippen MR) is 366 cm³/mol. The number of hydrogen-bond acceptors (Lipinski definition) is 13. The van der Waals surface area contributed by atoms with Crippen molar-refractivity contribution >= 4 is 25.0 Å². The highest BCUT2D eigenvalue weighted by Gasteiger charge is 2.39. The van der Waals surface area contributed by atoms with Gasteiger partial charge in [0.05, 0.1) is 50.8 Å². The molecule has 498 valence electrons. The molecule has 12 rings (SSSR count). The van der Waals surface area contributed by atoms with E-state index in [-0.39, 0.29) is 17.8 Å². The molecule has 0 unspecified atom stereocenters. The number of aliphatic carboxylic acids is 1. The van der Waals surface area contributed by atoms with Gasteiger partial charge >= 0.3 is 25.0 Å². The molecule has 0 amide bonds. The van der Waals surface area contributed by atoms with Crippen LogP contribution in [0.3, 0.4) is 0 Å². The van der Waals surface area contributed by atoms with Crippen LogP contribution in [0.15, 0.2) is 91.0 Å². The van der Waals surface area contributed by atoms with Crippen molar-refractivity contribution in [2.45, 2.75) is 220 Å². The van der Waals surface area contributed by atoms with E-state index < -0.39 is 48.2 Å². The zero-order chi connectivity index (χ0) is 67.3. The number of esters is 2. The number of methoxy groups -OCH3 is 2. The third-order valence-corrected chi connectivity index (χ3v) is 17.6. The quantitative estimate of drug-likeness (QED) is 0.0651. The molecule has 3 fully saturated rings. The van der Waals surface area contributed by atoms with Gasteiger partial charge in [0.2, 0.25) is 0 Å². The number of hydrogen-bond donors (Lipinski definition) is 3. The van der Waals surface area contributed by atoms with Crippen LogP contribution < -0.4 is 14.2 Å². The predicted octanol–water partition coefficient (Wildman–Crippen LogP) is 16.6. The highest BCUT2D eigenvalue weighted by Crippen LogP contribution is 2.51. The molecule has 3 atom stereocenters. The summed E-state index contributed by atoms with van der Waals surface area (Å²) in [6, 6.07) is 31.7. The van der Waals surface area contributed by atoms with Crippen LogP contribution in [0.2, 0.25) is 5.82 Å². The topological polar surface area (TPSA) is 186 Å². The molecule has 6 aromatic rings. The normalized spacial score (nSPS) is 16.7. The van der Waals surface area contributed by atoms with E-state index in [0.29, 0.717) is 11.8 Å². The van der Waals surface area contributed by atoms with Gasteiger partial charge in [-0.25, -0.2) is 14.4 Å². The molecule has 0 bridgehead atoms. The lowest BCUT2D eigenvalue weighted by atomic mass is 9.84. The molecule has 0 spiro atoms. The minimum absolute atomic E-state index is 0.213. The monoisotopic (exact) mass is 1270 g/mol. The fourth-order valence-electron chi connectivity index (χ4n) is 12.7. The third kappa shape index (κ3) is 18.1. The second kappa shape index (κ2) is 29.7. The molecule has 93 heavy (non-hydrogen) atoms. The standard InChI is InChI=1S/C26H32O4.C25H30O4.C24H30O4.C3H7BO2/c1-16-8-12-20(17-9-10-17)23(19-11-13-21-18(15-19)7-6-14-29-21)22(16)24(25(27)28-5)30-26(2,3)4;1-15-7-11-19(16-8-9-16)22(21(15)23(24(26)27)29-25(2,3)4)18-10-12-20-17(14-18)6-5-13-28-20;1-15-9-10-16(2)21(22(23(25)26-6)28-24(3,4)5)20(15)18-11-12-19-17(14-18)8-7-13-27-19;5-4(6)3-1-2-3/h8,11-13,15,17,24H,6-7,9-10,14H2,1-5H3;7,10-12,14,16,23H,5-6,8-9,13H2,1-4H3,(H,26,27);9-12,14,22H,7-8,13H2,1-6H3;3,5-6H,1-2H2/t24-;23-;22-;/m000./s1. The lowest BCUT2D eigenvalue weighted by molar-refractivity contribution is -0.164. The summed E-state index contributed by atoms with van der Waals surface area (Å²) >= 11 is 0. The maximum Gasteiger partial charge on any atom is 0.454 e. The van der Waals surface area contributed by atoms with Crippen molar-refractivity contribution in [2.24, 2.45) is 0 Å². The first kappa shape index (κ1) is 70.3. The maximum absolute atomic E-state index is 12.9. The van der Waals surface area contributed by atoms with Crippen molar-refractivity contribution in [1.29, 1.82) is 0 Å². The Labute approximate surface area is 552 Å². The first-order valence-corrected chi connectivity index (χ1v) is 33.5. The summed E-state index contributed by atoms with van der Waals surface area (Å²) in [5, 5.41) is 26.6. The minimum Gasteiger partial charge on any atom is -0.493 e. The highest BCUT2D eigenvalue weighted by molar-refractivity contribution is 6.44. The Balaban J connectivity index is 0.000000157. The summed E-state index contributed by atoms with van der Waals surface area (Å²) in [6.45, 7) is 27.9. The maximum atomic E-state index is 12.9. The number of fused-ring (bicyclic) bond motifs is 3. The number of ether oxygens (including phenoxy) is 8. The van der Waals surface area contributed by atoms with Crippen LogP contribution in [0.4, 0.5) is 0 Å². The first-order chi connectivity index (χ1) is 44.0. The van der Waals surface area contributed by atoms with Gasteiger partial charge in [0.1, 0.15) is 17.2 Å². The lowest BCUT2D eigenvalue weighted by Crippen LogP contribution is -2.29. The molecule has 6 aliphatic rings. The average Bonchev–Trinajstić information content (AvgIpc) is 1.71. The number of benzene rings is 6. The van der Waals surface area contributed by atoms with Gasteiger partial charge < -0.3 is 53.0 Å². The summed E-state index contributed by atoms with van der Waals surface area (Å²) in [6.07, 6.45) is 10.2. The molecule has 6 aromatic carbocycles. The Bertz CT molecular complexity index is 3650. The van der Waals surface area contributed by atoms with Gasteiger partial charge in [-0.15, -0.1) is 0 Å². The summed E-state index contributed by atoms with van der Waals surface area (Å²) in [4.78, 5) is 37.9. The van der Waals surface area contributed by atoms with E-state index in [4.69, 9.17) is 47.9 Å². The Morgan fingerprint density at radius 1 is 0.452 bits per heavy atom. The molecule has 3 aliphatic heterocycles. The van der Waals surface area contributed by atoms with Gasteiger partial charge in [-0.3, -0.25) is 0 Å². The molecule has 3 N–H and O–H groups in total. The number of carbonyl (C=O) groups is 3. The fourth-order valence-corrected chi connectivity index (χ4v) is 12.7. The molecule has 0 aromatic heterocycles. The van der Waals surface area contributed by atoms with Crippen molar-refractivity contribution in [1.82, 2.24) is 0 Å². The molecule has 15 heteroatoms. The molecule has 0 radical (unpaired) electrons. The van der Waals surface area contributed by atoms with Gasteiger partial charge in [-0.05, 0) is 292 Å². The van der Waals surface area contributed by atoms with Gasteiger partial charge in [0.15, 0.2) is 18.3 Å². The molecular formula is C78H99BO14. The van der Waals surface area contributed by atoms with Crippen molar-refractivity contribution in [3.8, 4) is 50.6 Å². The zero-order valence-electron chi connectivity index (χ0n) is 57.6.